The highest BCUT2D eigenvalue weighted by molar-refractivity contribution is 7.15. The largest absolute Gasteiger partial charge is 0.493 e. The zero-order valence-corrected chi connectivity index (χ0v) is 16.6. The Bertz CT molecular complexity index is 789. The molecule has 6 nitrogen and oxygen atoms in total. The second kappa shape index (κ2) is 8.99. The summed E-state index contributed by atoms with van der Waals surface area (Å²) in [5, 5.41) is 3.45. The van der Waals surface area contributed by atoms with E-state index in [1.54, 1.807) is 0 Å². The lowest BCUT2D eigenvalue weighted by Crippen LogP contribution is -2.36. The van der Waals surface area contributed by atoms with Gasteiger partial charge in [-0.25, -0.2) is 4.98 Å². The summed E-state index contributed by atoms with van der Waals surface area (Å²) in [6, 6.07) is 9.43. The van der Waals surface area contributed by atoms with Crippen LogP contribution in [0.25, 0.3) is 0 Å². The molecule has 2 heterocycles. The van der Waals surface area contributed by atoms with Gasteiger partial charge in [0.1, 0.15) is 5.75 Å². The summed E-state index contributed by atoms with van der Waals surface area (Å²) < 4.78 is 5.55. The van der Waals surface area contributed by atoms with Gasteiger partial charge in [0.25, 0.3) is 0 Å². The van der Waals surface area contributed by atoms with Crippen LogP contribution in [0.4, 0.5) is 5.13 Å². The van der Waals surface area contributed by atoms with Crippen LogP contribution in [0.5, 0.6) is 5.75 Å². The Balaban J connectivity index is 1.49. The maximum Gasteiger partial charge on any atom is 0.229 e. The number of para-hydroxylation sites is 1. The zero-order valence-electron chi connectivity index (χ0n) is 15.7. The number of hydrogen-bond donors (Lipinski definition) is 1. The maximum atomic E-state index is 12.3. The van der Waals surface area contributed by atoms with Crippen LogP contribution in [-0.4, -0.2) is 34.8 Å². The van der Waals surface area contributed by atoms with E-state index in [2.05, 4.69) is 24.1 Å². The first-order valence-corrected chi connectivity index (χ1v) is 10.1. The minimum Gasteiger partial charge on any atom is -0.493 e. The minimum atomic E-state index is -0.121. The quantitative estimate of drug-likeness (QED) is 0.789. The topological polar surface area (TPSA) is 71.5 Å². The van der Waals surface area contributed by atoms with E-state index in [1.807, 2.05) is 35.2 Å². The van der Waals surface area contributed by atoms with E-state index in [9.17, 15) is 9.59 Å². The van der Waals surface area contributed by atoms with E-state index in [0.717, 1.165) is 22.7 Å². The molecule has 0 saturated carbocycles. The Kier molecular flexibility index (Phi) is 6.45. The average molecular weight is 388 g/mol. The molecule has 0 radical (unpaired) electrons. The molecule has 0 fully saturated rings. The first kappa shape index (κ1) is 19.4. The number of nitrogens with zero attached hydrogens (tertiary/aromatic N) is 2. The van der Waals surface area contributed by atoms with E-state index in [0.29, 0.717) is 37.2 Å². The third-order valence-corrected chi connectivity index (χ3v) is 5.25. The smallest absolute Gasteiger partial charge is 0.229 e. The Morgan fingerprint density at radius 1 is 1.30 bits per heavy atom. The number of anilines is 1. The van der Waals surface area contributed by atoms with Crippen molar-refractivity contribution in [2.75, 3.05) is 18.5 Å². The van der Waals surface area contributed by atoms with Crippen molar-refractivity contribution in [2.24, 2.45) is 5.92 Å². The summed E-state index contributed by atoms with van der Waals surface area (Å²) in [7, 11) is 0. The van der Waals surface area contributed by atoms with Crippen LogP contribution in [0, 0.1) is 5.92 Å². The highest BCUT2D eigenvalue weighted by Gasteiger charge is 2.24. The lowest BCUT2D eigenvalue weighted by atomic mass is 10.1. The fourth-order valence-electron chi connectivity index (χ4n) is 2.90. The molecule has 0 spiro atoms. The van der Waals surface area contributed by atoms with Crippen molar-refractivity contribution >= 4 is 28.3 Å². The van der Waals surface area contributed by atoms with Crippen LogP contribution in [0.2, 0.25) is 0 Å². The zero-order chi connectivity index (χ0) is 19.2. The van der Waals surface area contributed by atoms with Crippen molar-refractivity contribution in [3.05, 3.63) is 40.9 Å². The molecule has 1 aromatic heterocycles. The summed E-state index contributed by atoms with van der Waals surface area (Å²) in [6.07, 6.45) is 1.57. The van der Waals surface area contributed by atoms with Gasteiger partial charge in [-0.15, -0.1) is 0 Å². The van der Waals surface area contributed by atoms with Crippen molar-refractivity contribution < 1.29 is 14.3 Å². The molecule has 0 saturated heterocycles. The predicted octanol–water partition coefficient (Wildman–Crippen LogP) is 3.48. The molecule has 27 heavy (non-hydrogen) atoms. The highest BCUT2D eigenvalue weighted by Crippen LogP contribution is 2.29. The molecule has 1 aliphatic rings. The Morgan fingerprint density at radius 3 is 2.81 bits per heavy atom. The molecule has 1 aromatic carbocycles. The summed E-state index contributed by atoms with van der Waals surface area (Å²) in [6.45, 7) is 5.70. The molecule has 0 aliphatic carbocycles. The molecule has 0 bridgehead atoms. The Morgan fingerprint density at radius 2 is 2.07 bits per heavy atom. The number of thiazole rings is 1. The standard InChI is InChI=1S/C20H25N3O3S/c1-14(2)12-19(25)23-10-8-16-17(13-23)27-20(21-16)22-18(24)9-11-26-15-6-4-3-5-7-15/h3-7,14H,8-13H2,1-2H3,(H,21,22,24). The summed E-state index contributed by atoms with van der Waals surface area (Å²) in [4.78, 5) is 31.9. The third kappa shape index (κ3) is 5.53. The fourth-order valence-corrected chi connectivity index (χ4v) is 3.94. The lowest BCUT2D eigenvalue weighted by Gasteiger charge is -2.26. The van der Waals surface area contributed by atoms with Gasteiger partial charge in [0.2, 0.25) is 11.8 Å². The minimum absolute atomic E-state index is 0.121. The molecule has 3 rings (SSSR count). The number of benzene rings is 1. The summed E-state index contributed by atoms with van der Waals surface area (Å²) >= 11 is 1.46. The van der Waals surface area contributed by atoms with Crippen LogP contribution in [-0.2, 0) is 22.6 Å². The van der Waals surface area contributed by atoms with Gasteiger partial charge < -0.3 is 15.0 Å². The van der Waals surface area contributed by atoms with Crippen LogP contribution in [0.1, 0.15) is 37.3 Å². The number of rotatable bonds is 7. The maximum absolute atomic E-state index is 12.3. The van der Waals surface area contributed by atoms with E-state index in [4.69, 9.17) is 4.74 Å². The highest BCUT2D eigenvalue weighted by atomic mass is 32.1. The molecule has 0 unspecified atom stereocenters. The van der Waals surface area contributed by atoms with Gasteiger partial charge >= 0.3 is 0 Å². The molecule has 144 valence electrons. The van der Waals surface area contributed by atoms with E-state index >= 15 is 0 Å². The molecule has 1 aliphatic heterocycles. The van der Waals surface area contributed by atoms with Crippen LogP contribution in [0.15, 0.2) is 30.3 Å². The molecule has 7 heteroatoms. The fraction of sp³-hybridized carbons (Fsp3) is 0.450. The second-order valence-electron chi connectivity index (χ2n) is 7.01. The third-order valence-electron chi connectivity index (χ3n) is 4.25. The van der Waals surface area contributed by atoms with Gasteiger partial charge in [-0.2, -0.15) is 0 Å². The summed E-state index contributed by atoms with van der Waals surface area (Å²) in [5.74, 6) is 1.17. The van der Waals surface area contributed by atoms with Gasteiger partial charge in [0, 0.05) is 24.3 Å². The van der Waals surface area contributed by atoms with Crippen LogP contribution < -0.4 is 10.1 Å². The molecular formula is C20H25N3O3S. The number of ether oxygens (including phenoxy) is 1. The first-order chi connectivity index (χ1) is 13.0. The monoisotopic (exact) mass is 387 g/mol. The number of aromatic nitrogens is 1. The van der Waals surface area contributed by atoms with E-state index in [1.165, 1.54) is 11.3 Å². The van der Waals surface area contributed by atoms with Crippen LogP contribution in [0.3, 0.4) is 0 Å². The number of carbonyl (C=O) groups is 2. The Hall–Kier alpha value is -2.41. The van der Waals surface area contributed by atoms with Crippen molar-refractivity contribution in [2.45, 2.75) is 39.7 Å². The van der Waals surface area contributed by atoms with Gasteiger partial charge in [-0.05, 0) is 18.1 Å². The SMILES string of the molecule is CC(C)CC(=O)N1CCc2nc(NC(=O)CCOc3ccccc3)sc2C1. The second-order valence-corrected chi connectivity index (χ2v) is 8.10. The van der Waals surface area contributed by atoms with E-state index < -0.39 is 0 Å². The summed E-state index contributed by atoms with van der Waals surface area (Å²) in [5.41, 5.74) is 0.990. The van der Waals surface area contributed by atoms with E-state index in [-0.39, 0.29) is 18.2 Å². The van der Waals surface area contributed by atoms with Crippen LogP contribution >= 0.6 is 11.3 Å². The number of nitrogens with one attached hydrogen (secondary N) is 1. The normalized spacial score (nSPS) is 13.4. The molecule has 2 amide bonds. The van der Waals surface area contributed by atoms with Crippen molar-refractivity contribution in [1.82, 2.24) is 9.88 Å². The van der Waals surface area contributed by atoms with Gasteiger partial charge in [0.15, 0.2) is 5.13 Å². The van der Waals surface area contributed by atoms with Gasteiger partial charge in [-0.1, -0.05) is 43.4 Å². The van der Waals surface area contributed by atoms with Crippen molar-refractivity contribution in [1.29, 1.82) is 0 Å². The average Bonchev–Trinajstić information content (AvgIpc) is 3.03. The molecule has 0 atom stereocenters. The van der Waals surface area contributed by atoms with Gasteiger partial charge in [-0.3, -0.25) is 9.59 Å². The van der Waals surface area contributed by atoms with Crippen molar-refractivity contribution in [3.63, 3.8) is 0 Å². The number of fused-ring (bicyclic) bond motifs is 1. The van der Waals surface area contributed by atoms with Crippen molar-refractivity contribution in [3.8, 4) is 5.75 Å². The first-order valence-electron chi connectivity index (χ1n) is 9.25. The molecule has 1 N–H and O–H groups in total. The molecular weight excluding hydrogens is 362 g/mol. The van der Waals surface area contributed by atoms with Gasteiger partial charge in [0.05, 0.1) is 25.3 Å². The Labute approximate surface area is 163 Å². The number of hydrogen-bond acceptors (Lipinski definition) is 5. The number of amides is 2. The lowest BCUT2D eigenvalue weighted by molar-refractivity contribution is -0.132. The number of carbonyl (C=O) groups excluding carboxylic acids is 2. The molecule has 2 aromatic rings. The predicted molar refractivity (Wildman–Crippen MR) is 106 cm³/mol.